The molecule has 0 unspecified atom stereocenters. The lowest BCUT2D eigenvalue weighted by Gasteiger charge is -2.17. The molecule has 0 spiro atoms. The number of anilines is 1. The minimum absolute atomic E-state index is 0.165. The van der Waals surface area contributed by atoms with E-state index in [1.54, 1.807) is 0 Å². The van der Waals surface area contributed by atoms with Gasteiger partial charge in [0.25, 0.3) is 11.8 Å². The summed E-state index contributed by atoms with van der Waals surface area (Å²) in [4.78, 5) is 23.9. The zero-order valence-electron chi connectivity index (χ0n) is 9.58. The Bertz CT molecular complexity index is 607. The molecule has 1 heterocycles. The second kappa shape index (κ2) is 4.38. The van der Waals surface area contributed by atoms with Gasteiger partial charge in [-0.2, -0.15) is 13.2 Å². The van der Waals surface area contributed by atoms with Crippen LogP contribution in [0, 0.1) is 0 Å². The summed E-state index contributed by atoms with van der Waals surface area (Å²) in [5, 5.41) is -0.199. The van der Waals surface area contributed by atoms with Crippen LogP contribution in [0.2, 0.25) is 5.02 Å². The second-order valence-corrected chi connectivity index (χ2v) is 4.44. The first-order valence-corrected chi connectivity index (χ1v) is 5.52. The van der Waals surface area contributed by atoms with Crippen LogP contribution in [0.4, 0.5) is 18.9 Å². The van der Waals surface area contributed by atoms with Gasteiger partial charge < -0.3 is 0 Å². The molecule has 0 atom stereocenters. The highest BCUT2D eigenvalue weighted by Gasteiger charge is 2.34. The van der Waals surface area contributed by atoms with Crippen LogP contribution in [-0.2, 0) is 15.8 Å². The summed E-state index contributed by atoms with van der Waals surface area (Å²) in [6.45, 7) is 1.41. The molecule has 100 valence electrons. The van der Waals surface area contributed by atoms with Crippen molar-refractivity contribution in [2.75, 3.05) is 4.90 Å². The minimum atomic E-state index is -4.60. The third-order valence-electron chi connectivity index (χ3n) is 2.57. The molecule has 7 heteroatoms. The van der Waals surface area contributed by atoms with Crippen molar-refractivity contribution in [2.24, 2.45) is 0 Å². The molecule has 1 aliphatic heterocycles. The quantitative estimate of drug-likeness (QED) is 0.745. The van der Waals surface area contributed by atoms with E-state index in [1.165, 1.54) is 6.92 Å². The van der Waals surface area contributed by atoms with Gasteiger partial charge >= 0.3 is 6.18 Å². The van der Waals surface area contributed by atoms with Gasteiger partial charge in [-0.3, -0.25) is 9.59 Å². The molecule has 0 saturated heterocycles. The summed E-state index contributed by atoms with van der Waals surface area (Å²) >= 11 is 5.60. The normalized spacial score (nSPS) is 16.1. The third kappa shape index (κ3) is 2.49. The summed E-state index contributed by atoms with van der Waals surface area (Å²) < 4.78 is 37.9. The zero-order valence-corrected chi connectivity index (χ0v) is 10.3. The van der Waals surface area contributed by atoms with Gasteiger partial charge in [0, 0.05) is 16.7 Å². The minimum Gasteiger partial charge on any atom is -0.269 e. The molecule has 2 amide bonds. The van der Waals surface area contributed by atoms with E-state index in [9.17, 15) is 22.8 Å². The van der Waals surface area contributed by atoms with Crippen LogP contribution >= 0.6 is 11.6 Å². The molecule has 2 rings (SSSR count). The van der Waals surface area contributed by atoms with Gasteiger partial charge in [-0.25, -0.2) is 4.90 Å². The van der Waals surface area contributed by atoms with Crippen LogP contribution in [-0.4, -0.2) is 11.8 Å². The molecular formula is C12H7ClF3NO2. The van der Waals surface area contributed by atoms with Gasteiger partial charge in [0.1, 0.15) is 0 Å². The van der Waals surface area contributed by atoms with Gasteiger partial charge in [0.15, 0.2) is 0 Å². The number of halogens is 4. The average Bonchev–Trinajstić information content (AvgIpc) is 2.51. The highest BCUT2D eigenvalue weighted by atomic mass is 35.5. The fourth-order valence-corrected chi connectivity index (χ4v) is 1.93. The number of imide groups is 1. The Labute approximate surface area is 111 Å². The molecule has 0 fully saturated rings. The first-order chi connectivity index (χ1) is 8.70. The number of rotatable bonds is 1. The van der Waals surface area contributed by atoms with Crippen LogP contribution in [0.25, 0.3) is 0 Å². The Hall–Kier alpha value is -1.82. The van der Waals surface area contributed by atoms with Gasteiger partial charge in [-0.15, -0.1) is 0 Å². The predicted molar refractivity (Wildman–Crippen MR) is 62.7 cm³/mol. The molecule has 0 bridgehead atoms. The van der Waals surface area contributed by atoms with Gasteiger partial charge in [0.05, 0.1) is 11.3 Å². The first-order valence-electron chi connectivity index (χ1n) is 5.14. The molecule has 1 aliphatic rings. The molecule has 0 aromatic heterocycles. The standard InChI is InChI=1S/C12H7ClF3NO2/c1-6-2-10(18)17(11(6)19)9-4-7(12(14,15)16)3-8(13)5-9/h2-5H,1H3. The smallest absolute Gasteiger partial charge is 0.269 e. The highest BCUT2D eigenvalue weighted by molar-refractivity contribution is 6.33. The zero-order chi connectivity index (χ0) is 14.4. The molecule has 0 saturated carbocycles. The molecule has 0 N–H and O–H groups in total. The van der Waals surface area contributed by atoms with E-state index >= 15 is 0 Å². The number of carbonyl (C=O) groups is 2. The lowest BCUT2D eigenvalue weighted by atomic mass is 10.1. The second-order valence-electron chi connectivity index (χ2n) is 4.00. The summed E-state index contributed by atoms with van der Waals surface area (Å²) in [6, 6.07) is 2.59. The largest absolute Gasteiger partial charge is 0.416 e. The van der Waals surface area contributed by atoms with Crippen LogP contribution in [0.1, 0.15) is 12.5 Å². The van der Waals surface area contributed by atoms with Gasteiger partial charge in [-0.05, 0) is 25.1 Å². The molecule has 19 heavy (non-hydrogen) atoms. The summed E-state index contributed by atoms with van der Waals surface area (Å²) in [5.41, 5.74) is -1.04. The van der Waals surface area contributed by atoms with Crippen LogP contribution < -0.4 is 4.90 Å². The number of benzene rings is 1. The van der Waals surface area contributed by atoms with Crippen molar-refractivity contribution < 1.29 is 22.8 Å². The number of carbonyl (C=O) groups excluding carboxylic acids is 2. The van der Waals surface area contributed by atoms with Crippen LogP contribution in [0.3, 0.4) is 0 Å². The maximum absolute atomic E-state index is 12.6. The molecule has 1 aromatic carbocycles. The number of hydrogen-bond acceptors (Lipinski definition) is 2. The van der Waals surface area contributed by atoms with Crippen molar-refractivity contribution >= 4 is 29.1 Å². The van der Waals surface area contributed by atoms with Crippen LogP contribution in [0.15, 0.2) is 29.8 Å². The third-order valence-corrected chi connectivity index (χ3v) is 2.79. The Morgan fingerprint density at radius 2 is 1.79 bits per heavy atom. The maximum Gasteiger partial charge on any atom is 0.416 e. The first kappa shape index (κ1) is 13.6. The van der Waals surface area contributed by atoms with Crippen molar-refractivity contribution in [1.29, 1.82) is 0 Å². The Morgan fingerprint density at radius 1 is 1.16 bits per heavy atom. The van der Waals surface area contributed by atoms with E-state index < -0.39 is 23.6 Å². The van der Waals surface area contributed by atoms with E-state index in [-0.39, 0.29) is 16.3 Å². The van der Waals surface area contributed by atoms with E-state index in [2.05, 4.69) is 0 Å². The fraction of sp³-hybridized carbons (Fsp3) is 0.167. The Balaban J connectivity index is 2.50. The predicted octanol–water partition coefficient (Wildman–Crippen LogP) is 3.18. The Kier molecular flexibility index (Phi) is 3.14. The molecule has 1 aromatic rings. The van der Waals surface area contributed by atoms with Crippen LogP contribution in [0.5, 0.6) is 0 Å². The van der Waals surface area contributed by atoms with E-state index in [0.717, 1.165) is 18.2 Å². The number of nitrogens with zero attached hydrogens (tertiary/aromatic N) is 1. The lowest BCUT2D eigenvalue weighted by molar-refractivity contribution is -0.137. The van der Waals surface area contributed by atoms with Crippen molar-refractivity contribution in [1.82, 2.24) is 0 Å². The number of amides is 2. The summed E-state index contributed by atoms with van der Waals surface area (Å²) in [6.07, 6.45) is -3.54. The molecule has 3 nitrogen and oxygen atoms in total. The molecule has 0 aliphatic carbocycles. The van der Waals surface area contributed by atoms with Crippen molar-refractivity contribution in [3.05, 3.63) is 40.4 Å². The monoisotopic (exact) mass is 289 g/mol. The highest BCUT2D eigenvalue weighted by Crippen LogP contribution is 2.35. The van der Waals surface area contributed by atoms with E-state index in [4.69, 9.17) is 11.6 Å². The van der Waals surface area contributed by atoms with E-state index in [1.807, 2.05) is 0 Å². The topological polar surface area (TPSA) is 37.4 Å². The fourth-order valence-electron chi connectivity index (χ4n) is 1.70. The summed E-state index contributed by atoms with van der Waals surface area (Å²) in [7, 11) is 0. The van der Waals surface area contributed by atoms with Crippen molar-refractivity contribution in [3.8, 4) is 0 Å². The summed E-state index contributed by atoms with van der Waals surface area (Å²) in [5.74, 6) is -1.33. The maximum atomic E-state index is 12.6. The van der Waals surface area contributed by atoms with Gasteiger partial charge in [-0.1, -0.05) is 11.6 Å². The average molecular weight is 290 g/mol. The van der Waals surface area contributed by atoms with Crippen molar-refractivity contribution in [2.45, 2.75) is 13.1 Å². The number of alkyl halides is 3. The molecular weight excluding hydrogens is 283 g/mol. The van der Waals surface area contributed by atoms with Gasteiger partial charge in [0.2, 0.25) is 0 Å². The van der Waals surface area contributed by atoms with E-state index in [0.29, 0.717) is 11.0 Å². The number of hydrogen-bond donors (Lipinski definition) is 0. The molecule has 0 radical (unpaired) electrons. The van der Waals surface area contributed by atoms with Crippen molar-refractivity contribution in [3.63, 3.8) is 0 Å². The SMILES string of the molecule is CC1=CC(=O)N(c2cc(Cl)cc(C(F)(F)F)c2)C1=O. The Morgan fingerprint density at radius 3 is 2.26 bits per heavy atom. The lowest BCUT2D eigenvalue weighted by Crippen LogP contribution is -2.30.